The molecule has 2 rings (SSSR count). The van der Waals surface area contributed by atoms with Crippen LogP contribution in [0.25, 0.3) is 0 Å². The van der Waals surface area contributed by atoms with Gasteiger partial charge in [0.05, 0.1) is 17.6 Å². The Labute approximate surface area is 142 Å². The minimum atomic E-state index is -1.19. The minimum absolute atomic E-state index is 0.102. The summed E-state index contributed by atoms with van der Waals surface area (Å²) >= 11 is 0. The molecule has 1 aliphatic rings. The van der Waals surface area contributed by atoms with Crippen LogP contribution in [0.1, 0.15) is 39.2 Å². The van der Waals surface area contributed by atoms with Crippen molar-refractivity contribution in [3.63, 3.8) is 0 Å². The lowest BCUT2D eigenvalue weighted by molar-refractivity contribution is -0.127. The van der Waals surface area contributed by atoms with Crippen LogP contribution >= 0.6 is 0 Å². The smallest absolute Gasteiger partial charge is 0.158 e. The molecule has 5 heteroatoms. The first-order chi connectivity index (χ1) is 11.2. The lowest BCUT2D eigenvalue weighted by Gasteiger charge is -2.45. The predicted octanol–water partition coefficient (Wildman–Crippen LogP) is 1.48. The van der Waals surface area contributed by atoms with E-state index >= 15 is 0 Å². The van der Waals surface area contributed by atoms with E-state index in [-0.39, 0.29) is 37.6 Å². The molecule has 0 saturated heterocycles. The van der Waals surface area contributed by atoms with Crippen LogP contribution in [-0.4, -0.2) is 40.5 Å². The molecule has 2 unspecified atom stereocenters. The quantitative estimate of drug-likeness (QED) is 0.735. The first-order valence-electron chi connectivity index (χ1n) is 8.13. The predicted molar refractivity (Wildman–Crippen MR) is 91.5 cm³/mol. The van der Waals surface area contributed by atoms with Crippen LogP contribution in [0.15, 0.2) is 41.6 Å². The third kappa shape index (κ3) is 3.28. The van der Waals surface area contributed by atoms with E-state index in [2.05, 4.69) is 5.32 Å². The molecule has 5 nitrogen and oxygen atoms in total. The van der Waals surface area contributed by atoms with Gasteiger partial charge in [-0.15, -0.1) is 0 Å². The normalized spacial score (nSPS) is 27.0. The van der Waals surface area contributed by atoms with Crippen molar-refractivity contribution in [2.24, 2.45) is 0 Å². The second-order valence-corrected chi connectivity index (χ2v) is 6.74. The van der Waals surface area contributed by atoms with Gasteiger partial charge in [-0.05, 0) is 32.8 Å². The maximum atomic E-state index is 12.8. The Balaban J connectivity index is 2.77. The molecule has 130 valence electrons. The SMILES string of the molecule is CC(=O)C1=C(NCCO)CC(C)(O)CC1(C(C)=O)c1ccccc1. The summed E-state index contributed by atoms with van der Waals surface area (Å²) in [6.07, 6.45) is 0.391. The van der Waals surface area contributed by atoms with Crippen molar-refractivity contribution in [1.82, 2.24) is 5.32 Å². The van der Waals surface area contributed by atoms with Crippen molar-refractivity contribution in [3.05, 3.63) is 47.2 Å². The Hall–Kier alpha value is -1.98. The number of rotatable bonds is 6. The highest BCUT2D eigenvalue weighted by Gasteiger charge is 2.52. The van der Waals surface area contributed by atoms with Crippen LogP contribution in [0.2, 0.25) is 0 Å². The fourth-order valence-corrected chi connectivity index (χ4v) is 3.79. The highest BCUT2D eigenvalue weighted by molar-refractivity contribution is 6.07. The van der Waals surface area contributed by atoms with Gasteiger partial charge in [0.2, 0.25) is 0 Å². The van der Waals surface area contributed by atoms with E-state index in [0.29, 0.717) is 16.8 Å². The molecule has 3 N–H and O–H groups in total. The molecule has 0 bridgehead atoms. The Bertz CT molecular complexity index is 663. The van der Waals surface area contributed by atoms with E-state index in [1.165, 1.54) is 13.8 Å². The second kappa shape index (κ2) is 6.87. The van der Waals surface area contributed by atoms with Crippen LogP contribution in [0.3, 0.4) is 0 Å². The number of nitrogens with one attached hydrogen (secondary N) is 1. The number of Topliss-reactive ketones (excluding diaryl/α,β-unsaturated/α-hetero) is 2. The molecule has 2 atom stereocenters. The Kier molecular flexibility index (Phi) is 5.26. The van der Waals surface area contributed by atoms with Crippen LogP contribution in [0.5, 0.6) is 0 Å². The molecular weight excluding hydrogens is 306 g/mol. The molecule has 0 saturated carbocycles. The number of allylic oxidation sites excluding steroid dienone is 1. The van der Waals surface area contributed by atoms with Gasteiger partial charge in [0.15, 0.2) is 5.78 Å². The van der Waals surface area contributed by atoms with Gasteiger partial charge in [0.1, 0.15) is 5.78 Å². The molecule has 0 heterocycles. The van der Waals surface area contributed by atoms with Crippen molar-refractivity contribution >= 4 is 11.6 Å². The summed E-state index contributed by atoms with van der Waals surface area (Å²) in [4.78, 5) is 25.3. The largest absolute Gasteiger partial charge is 0.395 e. The second-order valence-electron chi connectivity index (χ2n) is 6.74. The summed E-state index contributed by atoms with van der Waals surface area (Å²) in [6.45, 7) is 4.73. The Morgan fingerprint density at radius 1 is 1.21 bits per heavy atom. The summed E-state index contributed by atoms with van der Waals surface area (Å²) < 4.78 is 0. The molecule has 1 aromatic carbocycles. The Morgan fingerprint density at radius 2 is 1.83 bits per heavy atom. The van der Waals surface area contributed by atoms with Gasteiger partial charge in [-0.2, -0.15) is 0 Å². The molecule has 0 fully saturated rings. The first-order valence-corrected chi connectivity index (χ1v) is 8.13. The van der Waals surface area contributed by atoms with E-state index in [9.17, 15) is 14.7 Å². The number of hydrogen-bond donors (Lipinski definition) is 3. The molecule has 0 aliphatic heterocycles. The highest BCUT2D eigenvalue weighted by Crippen LogP contribution is 2.47. The number of ketones is 2. The topological polar surface area (TPSA) is 86.6 Å². The van der Waals surface area contributed by atoms with Crippen molar-refractivity contribution in [3.8, 4) is 0 Å². The highest BCUT2D eigenvalue weighted by atomic mass is 16.3. The first kappa shape index (κ1) is 18.4. The fraction of sp³-hybridized carbons (Fsp3) is 0.474. The molecule has 0 radical (unpaired) electrons. The summed E-state index contributed by atoms with van der Waals surface area (Å²) in [5.41, 5.74) is -0.704. The number of aliphatic hydroxyl groups excluding tert-OH is 1. The van der Waals surface area contributed by atoms with Gasteiger partial charge < -0.3 is 15.5 Å². The third-order valence-electron chi connectivity index (χ3n) is 4.60. The fourth-order valence-electron chi connectivity index (χ4n) is 3.79. The summed E-state index contributed by atoms with van der Waals surface area (Å²) in [7, 11) is 0. The number of aliphatic hydroxyl groups is 2. The van der Waals surface area contributed by atoms with Gasteiger partial charge in [-0.1, -0.05) is 30.3 Å². The monoisotopic (exact) mass is 331 g/mol. The summed E-state index contributed by atoms with van der Waals surface area (Å²) in [6, 6.07) is 9.12. The van der Waals surface area contributed by atoms with E-state index in [4.69, 9.17) is 5.11 Å². The van der Waals surface area contributed by atoms with Gasteiger partial charge >= 0.3 is 0 Å². The van der Waals surface area contributed by atoms with E-state index < -0.39 is 11.0 Å². The lowest BCUT2D eigenvalue weighted by atomic mass is 9.60. The zero-order valence-electron chi connectivity index (χ0n) is 14.4. The maximum Gasteiger partial charge on any atom is 0.158 e. The Morgan fingerprint density at radius 3 is 2.33 bits per heavy atom. The molecule has 0 aromatic heterocycles. The molecule has 24 heavy (non-hydrogen) atoms. The zero-order chi connectivity index (χ0) is 18.0. The maximum absolute atomic E-state index is 12.8. The molecule has 0 amide bonds. The van der Waals surface area contributed by atoms with E-state index in [0.717, 1.165) is 0 Å². The van der Waals surface area contributed by atoms with Gasteiger partial charge in [0.25, 0.3) is 0 Å². The summed E-state index contributed by atoms with van der Waals surface area (Å²) in [5, 5.41) is 22.9. The van der Waals surface area contributed by atoms with E-state index in [1.54, 1.807) is 6.92 Å². The van der Waals surface area contributed by atoms with Crippen LogP contribution in [0.4, 0.5) is 0 Å². The van der Waals surface area contributed by atoms with E-state index in [1.807, 2.05) is 30.3 Å². The molecule has 1 aliphatic carbocycles. The van der Waals surface area contributed by atoms with Crippen LogP contribution in [-0.2, 0) is 15.0 Å². The minimum Gasteiger partial charge on any atom is -0.395 e. The van der Waals surface area contributed by atoms with Crippen molar-refractivity contribution in [2.45, 2.75) is 44.6 Å². The zero-order valence-corrected chi connectivity index (χ0v) is 14.4. The van der Waals surface area contributed by atoms with Crippen LogP contribution in [0, 0.1) is 0 Å². The molecule has 1 aromatic rings. The number of hydrogen-bond acceptors (Lipinski definition) is 5. The lowest BCUT2D eigenvalue weighted by Crippen LogP contribution is -2.51. The number of carbonyl (C=O) groups is 2. The molecule has 0 spiro atoms. The van der Waals surface area contributed by atoms with Crippen LogP contribution < -0.4 is 5.32 Å². The average Bonchev–Trinajstić information content (AvgIpc) is 2.51. The van der Waals surface area contributed by atoms with Gasteiger partial charge in [-0.25, -0.2) is 0 Å². The van der Waals surface area contributed by atoms with Crippen molar-refractivity contribution in [1.29, 1.82) is 0 Å². The van der Waals surface area contributed by atoms with Gasteiger partial charge in [-0.3, -0.25) is 9.59 Å². The number of carbonyl (C=O) groups excluding carboxylic acids is 2. The molecular formula is C19H25NO4. The number of benzene rings is 1. The van der Waals surface area contributed by atoms with Gasteiger partial charge in [0, 0.05) is 24.2 Å². The third-order valence-corrected chi connectivity index (χ3v) is 4.60. The standard InChI is InChI=1S/C19H25NO4/c1-13(22)17-16(20-9-10-21)11-18(3,24)12-19(17,14(2)23)15-7-5-4-6-8-15/h4-8,20-21,24H,9-12H2,1-3H3. The van der Waals surface area contributed by atoms with Crippen molar-refractivity contribution in [2.75, 3.05) is 13.2 Å². The average molecular weight is 331 g/mol. The summed E-state index contributed by atoms with van der Waals surface area (Å²) in [5.74, 6) is -0.382. The van der Waals surface area contributed by atoms with Crippen molar-refractivity contribution < 1.29 is 19.8 Å².